The summed E-state index contributed by atoms with van der Waals surface area (Å²) in [6.07, 6.45) is 2.46. The van der Waals surface area contributed by atoms with Crippen molar-refractivity contribution in [3.8, 4) is 0 Å². The molecule has 0 saturated carbocycles. The molecule has 0 saturated heterocycles. The Labute approximate surface area is 133 Å². The maximum atomic E-state index is 13.4. The van der Waals surface area contributed by atoms with E-state index in [1.54, 1.807) is 24.4 Å². The number of aromatic nitrogens is 2. The van der Waals surface area contributed by atoms with E-state index in [1.807, 2.05) is 11.6 Å². The molecule has 0 aliphatic rings. The average Bonchev–Trinajstić information content (AvgIpc) is 2.78. The van der Waals surface area contributed by atoms with Gasteiger partial charge in [-0.3, -0.25) is 4.68 Å². The molecule has 0 bridgehead atoms. The van der Waals surface area contributed by atoms with Crippen molar-refractivity contribution in [2.45, 2.75) is 19.9 Å². The van der Waals surface area contributed by atoms with Gasteiger partial charge in [0.05, 0.1) is 22.6 Å². The molecule has 0 spiro atoms. The van der Waals surface area contributed by atoms with Gasteiger partial charge < -0.3 is 10.6 Å². The maximum absolute atomic E-state index is 13.4. The van der Waals surface area contributed by atoms with Crippen molar-refractivity contribution >= 4 is 34.6 Å². The molecular formula is C14H16ClFN4S. The van der Waals surface area contributed by atoms with Gasteiger partial charge in [-0.05, 0) is 37.7 Å². The Morgan fingerprint density at radius 2 is 2.19 bits per heavy atom. The minimum absolute atomic E-state index is 0.330. The molecule has 0 unspecified atom stereocenters. The summed E-state index contributed by atoms with van der Waals surface area (Å²) in [6, 6.07) is 6.40. The Kier molecular flexibility index (Phi) is 5.52. The fourth-order valence-corrected chi connectivity index (χ4v) is 2.16. The lowest BCUT2D eigenvalue weighted by molar-refractivity contribution is 0.561. The van der Waals surface area contributed by atoms with E-state index in [1.165, 1.54) is 6.07 Å². The van der Waals surface area contributed by atoms with Gasteiger partial charge in [0.2, 0.25) is 0 Å². The number of rotatable bonds is 5. The van der Waals surface area contributed by atoms with Gasteiger partial charge >= 0.3 is 0 Å². The first kappa shape index (κ1) is 15.7. The van der Waals surface area contributed by atoms with Crippen LogP contribution >= 0.6 is 23.8 Å². The van der Waals surface area contributed by atoms with Gasteiger partial charge in [0.1, 0.15) is 5.82 Å². The minimum atomic E-state index is -0.330. The molecule has 1 aromatic heterocycles. The van der Waals surface area contributed by atoms with Crippen molar-refractivity contribution < 1.29 is 4.39 Å². The molecule has 0 radical (unpaired) electrons. The van der Waals surface area contributed by atoms with Gasteiger partial charge in [0, 0.05) is 13.1 Å². The zero-order valence-corrected chi connectivity index (χ0v) is 13.1. The predicted octanol–water partition coefficient (Wildman–Crippen LogP) is 3.36. The number of aryl methyl sites for hydroxylation is 1. The molecule has 7 heteroatoms. The van der Waals surface area contributed by atoms with Gasteiger partial charge in [-0.2, -0.15) is 5.10 Å². The summed E-state index contributed by atoms with van der Waals surface area (Å²) < 4.78 is 15.3. The van der Waals surface area contributed by atoms with Crippen LogP contribution in [0, 0.1) is 12.7 Å². The monoisotopic (exact) mass is 326 g/mol. The molecule has 4 nitrogen and oxygen atoms in total. The molecule has 112 valence electrons. The Bertz CT molecular complexity index is 629. The van der Waals surface area contributed by atoms with E-state index in [-0.39, 0.29) is 5.82 Å². The standard InChI is InChI=1S/C14H16ClFN4S/c1-10-11(15)9-18-20(10)8-4-7-17-14(21)19-13-6-3-2-5-12(13)16/h2-3,5-6,9H,4,7-8H2,1H3,(H2,17,19,21). The summed E-state index contributed by atoms with van der Waals surface area (Å²) in [5.74, 6) is -0.330. The van der Waals surface area contributed by atoms with Gasteiger partial charge in [0.15, 0.2) is 5.11 Å². The highest BCUT2D eigenvalue weighted by Crippen LogP contribution is 2.13. The highest BCUT2D eigenvalue weighted by atomic mass is 35.5. The zero-order chi connectivity index (χ0) is 15.2. The molecule has 0 fully saturated rings. The van der Waals surface area contributed by atoms with Crippen LogP contribution in [0.2, 0.25) is 5.02 Å². The summed E-state index contributed by atoms with van der Waals surface area (Å²) in [6.45, 7) is 3.33. The van der Waals surface area contributed by atoms with Gasteiger partial charge in [-0.25, -0.2) is 4.39 Å². The lowest BCUT2D eigenvalue weighted by Crippen LogP contribution is -2.30. The van der Waals surface area contributed by atoms with Crippen LogP contribution < -0.4 is 10.6 Å². The van der Waals surface area contributed by atoms with E-state index >= 15 is 0 Å². The molecule has 0 aliphatic heterocycles. The summed E-state index contributed by atoms with van der Waals surface area (Å²) in [4.78, 5) is 0. The fourth-order valence-electron chi connectivity index (χ4n) is 1.81. The molecule has 2 N–H and O–H groups in total. The topological polar surface area (TPSA) is 41.9 Å². The van der Waals surface area contributed by atoms with Gasteiger partial charge in [0.25, 0.3) is 0 Å². The number of nitrogens with zero attached hydrogens (tertiary/aromatic N) is 2. The Hall–Kier alpha value is -1.66. The van der Waals surface area contributed by atoms with Crippen LogP contribution in [-0.4, -0.2) is 21.4 Å². The highest BCUT2D eigenvalue weighted by Gasteiger charge is 2.04. The molecule has 2 rings (SSSR count). The van der Waals surface area contributed by atoms with Crippen molar-refractivity contribution in [3.63, 3.8) is 0 Å². The third-order valence-corrected chi connectivity index (χ3v) is 3.62. The molecule has 0 atom stereocenters. The zero-order valence-electron chi connectivity index (χ0n) is 11.6. The minimum Gasteiger partial charge on any atom is -0.362 e. The Morgan fingerprint density at radius 3 is 2.86 bits per heavy atom. The van der Waals surface area contributed by atoms with E-state index in [0.717, 1.165) is 18.7 Å². The summed E-state index contributed by atoms with van der Waals surface area (Å²) in [5, 5.41) is 11.1. The second-order valence-electron chi connectivity index (χ2n) is 4.52. The molecule has 21 heavy (non-hydrogen) atoms. The SMILES string of the molecule is Cc1c(Cl)cnn1CCCNC(=S)Nc1ccccc1F. The molecule has 1 heterocycles. The normalized spacial score (nSPS) is 10.4. The quantitative estimate of drug-likeness (QED) is 0.653. The van der Waals surface area contributed by atoms with Crippen molar-refractivity contribution in [2.24, 2.45) is 0 Å². The van der Waals surface area contributed by atoms with Crippen LogP contribution in [0.1, 0.15) is 12.1 Å². The molecular weight excluding hydrogens is 311 g/mol. The number of anilines is 1. The molecule has 0 aliphatic carbocycles. The second-order valence-corrected chi connectivity index (χ2v) is 5.33. The van der Waals surface area contributed by atoms with Crippen molar-refractivity contribution in [1.82, 2.24) is 15.1 Å². The lowest BCUT2D eigenvalue weighted by Gasteiger charge is -2.11. The third-order valence-electron chi connectivity index (χ3n) is 3.00. The van der Waals surface area contributed by atoms with Gasteiger partial charge in [-0.15, -0.1) is 0 Å². The highest BCUT2D eigenvalue weighted by molar-refractivity contribution is 7.80. The number of para-hydroxylation sites is 1. The van der Waals surface area contributed by atoms with Crippen LogP contribution in [0.25, 0.3) is 0 Å². The Morgan fingerprint density at radius 1 is 1.43 bits per heavy atom. The van der Waals surface area contributed by atoms with Crippen LogP contribution in [0.5, 0.6) is 0 Å². The van der Waals surface area contributed by atoms with Crippen LogP contribution in [0.15, 0.2) is 30.5 Å². The third kappa shape index (κ3) is 4.41. The average molecular weight is 327 g/mol. The predicted molar refractivity (Wildman–Crippen MR) is 87.2 cm³/mol. The fraction of sp³-hybridized carbons (Fsp3) is 0.286. The summed E-state index contributed by atoms with van der Waals surface area (Å²) in [5.41, 5.74) is 1.31. The molecule has 0 amide bonds. The number of hydrogen-bond donors (Lipinski definition) is 2. The van der Waals surface area contributed by atoms with Crippen molar-refractivity contribution in [2.75, 3.05) is 11.9 Å². The molecule has 2 aromatic rings. The van der Waals surface area contributed by atoms with Crippen molar-refractivity contribution in [1.29, 1.82) is 0 Å². The first-order valence-corrected chi connectivity index (χ1v) is 7.34. The van der Waals surface area contributed by atoms with Crippen LogP contribution in [-0.2, 0) is 6.54 Å². The van der Waals surface area contributed by atoms with E-state index < -0.39 is 0 Å². The molecule has 1 aromatic carbocycles. The van der Waals surface area contributed by atoms with E-state index in [9.17, 15) is 4.39 Å². The summed E-state index contributed by atoms with van der Waals surface area (Å²) in [7, 11) is 0. The number of benzene rings is 1. The lowest BCUT2D eigenvalue weighted by atomic mass is 10.3. The maximum Gasteiger partial charge on any atom is 0.170 e. The number of nitrogens with one attached hydrogen (secondary N) is 2. The Balaban J connectivity index is 1.73. The van der Waals surface area contributed by atoms with E-state index in [4.69, 9.17) is 23.8 Å². The second kappa shape index (κ2) is 7.38. The smallest absolute Gasteiger partial charge is 0.170 e. The van der Waals surface area contributed by atoms with Crippen molar-refractivity contribution in [3.05, 3.63) is 47.0 Å². The number of thiocarbonyl (C=S) groups is 1. The van der Waals surface area contributed by atoms with Crippen LogP contribution in [0.4, 0.5) is 10.1 Å². The first-order chi connectivity index (χ1) is 10.1. The largest absolute Gasteiger partial charge is 0.362 e. The first-order valence-electron chi connectivity index (χ1n) is 6.55. The van der Waals surface area contributed by atoms with Gasteiger partial charge in [-0.1, -0.05) is 23.7 Å². The number of halogens is 2. The number of hydrogen-bond acceptors (Lipinski definition) is 2. The van der Waals surface area contributed by atoms with E-state index in [0.29, 0.717) is 22.4 Å². The summed E-state index contributed by atoms with van der Waals surface area (Å²) >= 11 is 11.1. The van der Waals surface area contributed by atoms with E-state index in [2.05, 4.69) is 15.7 Å². The van der Waals surface area contributed by atoms with Crippen LogP contribution in [0.3, 0.4) is 0 Å².